The van der Waals surface area contributed by atoms with E-state index in [1.807, 2.05) is 45.2 Å². The first-order chi connectivity index (χ1) is 8.11. The number of hydrogen-bond acceptors (Lipinski definition) is 3. The molecule has 0 aliphatic carbocycles. The van der Waals surface area contributed by atoms with Gasteiger partial charge in [-0.25, -0.2) is 0 Å². The van der Waals surface area contributed by atoms with Gasteiger partial charge in [0.1, 0.15) is 5.75 Å². The Morgan fingerprint density at radius 3 is 2.88 bits per heavy atom. The number of amides is 1. The van der Waals surface area contributed by atoms with Crippen molar-refractivity contribution in [3.05, 3.63) is 29.8 Å². The van der Waals surface area contributed by atoms with Crippen LogP contribution >= 0.6 is 0 Å². The number of nitrogens with one attached hydrogen (secondary N) is 2. The van der Waals surface area contributed by atoms with Crippen molar-refractivity contribution in [2.24, 2.45) is 0 Å². The fourth-order valence-corrected chi connectivity index (χ4v) is 1.27. The van der Waals surface area contributed by atoms with Crippen LogP contribution in [-0.2, 0) is 4.79 Å². The Balaban J connectivity index is 2.28. The maximum absolute atomic E-state index is 11.5. The third-order valence-corrected chi connectivity index (χ3v) is 2.46. The molecule has 2 N–H and O–H groups in total. The number of likely N-dealkylation sites (N-methyl/N-ethyl adjacent to an activating group) is 1. The summed E-state index contributed by atoms with van der Waals surface area (Å²) < 4.78 is 5.38. The second-order valence-corrected chi connectivity index (χ2v) is 4.10. The predicted octanol–water partition coefficient (Wildman–Crippen LogP) is 1.10. The van der Waals surface area contributed by atoms with Crippen molar-refractivity contribution >= 4 is 5.91 Å². The molecule has 1 aromatic carbocycles. The van der Waals surface area contributed by atoms with E-state index in [-0.39, 0.29) is 18.6 Å². The molecule has 0 heterocycles. The Bertz CT molecular complexity index is 366. The first-order valence-electron chi connectivity index (χ1n) is 5.75. The van der Waals surface area contributed by atoms with Crippen molar-refractivity contribution in [2.45, 2.75) is 19.9 Å². The number of ether oxygens (including phenoxy) is 1. The van der Waals surface area contributed by atoms with Gasteiger partial charge >= 0.3 is 0 Å². The van der Waals surface area contributed by atoms with Gasteiger partial charge in [0, 0.05) is 12.6 Å². The van der Waals surface area contributed by atoms with Crippen molar-refractivity contribution in [1.29, 1.82) is 0 Å². The zero-order valence-corrected chi connectivity index (χ0v) is 10.6. The highest BCUT2D eigenvalue weighted by molar-refractivity contribution is 5.77. The Morgan fingerprint density at radius 1 is 1.47 bits per heavy atom. The monoisotopic (exact) mass is 236 g/mol. The van der Waals surface area contributed by atoms with Gasteiger partial charge in [-0.2, -0.15) is 0 Å². The second kappa shape index (κ2) is 6.91. The Kier molecular flexibility index (Phi) is 5.49. The van der Waals surface area contributed by atoms with Gasteiger partial charge in [-0.3, -0.25) is 4.79 Å². The molecule has 1 unspecified atom stereocenters. The van der Waals surface area contributed by atoms with Gasteiger partial charge < -0.3 is 15.4 Å². The Labute approximate surface area is 102 Å². The van der Waals surface area contributed by atoms with E-state index in [9.17, 15) is 4.79 Å². The Morgan fingerprint density at radius 2 is 2.24 bits per heavy atom. The molecule has 0 fully saturated rings. The summed E-state index contributed by atoms with van der Waals surface area (Å²) in [7, 11) is 1.86. The summed E-state index contributed by atoms with van der Waals surface area (Å²) in [5.41, 5.74) is 1.12. The normalized spacial score (nSPS) is 11.9. The summed E-state index contributed by atoms with van der Waals surface area (Å²) in [6, 6.07) is 7.91. The van der Waals surface area contributed by atoms with Crippen molar-refractivity contribution in [1.82, 2.24) is 10.6 Å². The van der Waals surface area contributed by atoms with Crippen molar-refractivity contribution < 1.29 is 9.53 Å². The number of carbonyl (C=O) groups is 1. The van der Waals surface area contributed by atoms with Crippen LogP contribution in [0.1, 0.15) is 12.5 Å². The number of carbonyl (C=O) groups excluding carboxylic acids is 1. The Hall–Kier alpha value is -1.55. The minimum atomic E-state index is -0.103. The van der Waals surface area contributed by atoms with Crippen LogP contribution in [0.15, 0.2) is 24.3 Å². The molecule has 1 aromatic rings. The van der Waals surface area contributed by atoms with Crippen LogP contribution in [0.4, 0.5) is 0 Å². The van der Waals surface area contributed by atoms with Crippen LogP contribution in [-0.4, -0.2) is 32.1 Å². The second-order valence-electron chi connectivity index (χ2n) is 4.10. The number of aryl methyl sites for hydroxylation is 1. The summed E-state index contributed by atoms with van der Waals surface area (Å²) in [6.45, 7) is 4.65. The maximum Gasteiger partial charge on any atom is 0.257 e. The molecule has 0 aliphatic rings. The topological polar surface area (TPSA) is 50.4 Å². The van der Waals surface area contributed by atoms with Gasteiger partial charge in [-0.05, 0) is 38.6 Å². The smallest absolute Gasteiger partial charge is 0.257 e. The van der Waals surface area contributed by atoms with E-state index >= 15 is 0 Å². The van der Waals surface area contributed by atoms with E-state index < -0.39 is 0 Å². The molecule has 0 radical (unpaired) electrons. The summed E-state index contributed by atoms with van der Waals surface area (Å²) in [6.07, 6.45) is 0. The maximum atomic E-state index is 11.5. The minimum absolute atomic E-state index is 0.0554. The molecular formula is C13H20N2O2. The molecule has 1 amide bonds. The molecule has 1 atom stereocenters. The average Bonchev–Trinajstić information content (AvgIpc) is 2.33. The average molecular weight is 236 g/mol. The van der Waals surface area contributed by atoms with Crippen LogP contribution < -0.4 is 15.4 Å². The molecule has 4 heteroatoms. The largest absolute Gasteiger partial charge is 0.484 e. The summed E-state index contributed by atoms with van der Waals surface area (Å²) >= 11 is 0. The molecule has 0 aliphatic heterocycles. The van der Waals surface area contributed by atoms with Gasteiger partial charge in [-0.15, -0.1) is 0 Å². The van der Waals surface area contributed by atoms with E-state index in [4.69, 9.17) is 4.74 Å². The van der Waals surface area contributed by atoms with Crippen molar-refractivity contribution in [2.75, 3.05) is 20.2 Å². The number of rotatable bonds is 6. The molecule has 94 valence electrons. The fourth-order valence-electron chi connectivity index (χ4n) is 1.27. The van der Waals surface area contributed by atoms with E-state index in [1.54, 1.807) is 0 Å². The number of hydrogen-bond donors (Lipinski definition) is 2. The van der Waals surface area contributed by atoms with Gasteiger partial charge in [0.25, 0.3) is 5.91 Å². The van der Waals surface area contributed by atoms with Crippen LogP contribution in [0.2, 0.25) is 0 Å². The third-order valence-electron chi connectivity index (χ3n) is 2.46. The molecular weight excluding hydrogens is 216 g/mol. The minimum Gasteiger partial charge on any atom is -0.484 e. The molecule has 0 saturated carbocycles. The molecule has 1 rings (SSSR count). The highest BCUT2D eigenvalue weighted by Crippen LogP contribution is 2.11. The van der Waals surface area contributed by atoms with Crippen LogP contribution in [0, 0.1) is 6.92 Å². The lowest BCUT2D eigenvalue weighted by molar-refractivity contribution is -0.123. The SMILES string of the molecule is CNC(C)CNC(=O)COc1cccc(C)c1. The van der Waals surface area contributed by atoms with E-state index in [0.717, 1.165) is 11.3 Å². The highest BCUT2D eigenvalue weighted by atomic mass is 16.5. The third kappa shape index (κ3) is 5.36. The van der Waals surface area contributed by atoms with E-state index in [1.165, 1.54) is 0 Å². The molecule has 4 nitrogen and oxygen atoms in total. The van der Waals surface area contributed by atoms with E-state index in [0.29, 0.717) is 6.54 Å². The molecule has 0 saturated heterocycles. The lowest BCUT2D eigenvalue weighted by atomic mass is 10.2. The van der Waals surface area contributed by atoms with Crippen molar-refractivity contribution in [3.8, 4) is 5.75 Å². The zero-order valence-electron chi connectivity index (χ0n) is 10.6. The zero-order chi connectivity index (χ0) is 12.7. The van der Waals surface area contributed by atoms with Crippen LogP contribution in [0.25, 0.3) is 0 Å². The van der Waals surface area contributed by atoms with Gasteiger partial charge in [0.15, 0.2) is 6.61 Å². The van der Waals surface area contributed by atoms with Crippen LogP contribution in [0.3, 0.4) is 0 Å². The van der Waals surface area contributed by atoms with Crippen molar-refractivity contribution in [3.63, 3.8) is 0 Å². The molecule has 17 heavy (non-hydrogen) atoms. The van der Waals surface area contributed by atoms with E-state index in [2.05, 4.69) is 10.6 Å². The van der Waals surface area contributed by atoms with Crippen LogP contribution in [0.5, 0.6) is 5.75 Å². The molecule has 0 spiro atoms. The fraction of sp³-hybridized carbons (Fsp3) is 0.462. The lowest BCUT2D eigenvalue weighted by Crippen LogP contribution is -2.39. The first-order valence-corrected chi connectivity index (χ1v) is 5.75. The highest BCUT2D eigenvalue weighted by Gasteiger charge is 2.04. The van der Waals surface area contributed by atoms with Gasteiger partial charge in [0.05, 0.1) is 0 Å². The lowest BCUT2D eigenvalue weighted by Gasteiger charge is -2.12. The molecule has 0 aromatic heterocycles. The summed E-state index contributed by atoms with van der Waals surface area (Å²) in [5, 5.41) is 5.84. The predicted molar refractivity (Wildman–Crippen MR) is 68.2 cm³/mol. The van der Waals surface area contributed by atoms with Gasteiger partial charge in [0.2, 0.25) is 0 Å². The quantitative estimate of drug-likeness (QED) is 0.777. The first kappa shape index (κ1) is 13.5. The molecule has 0 bridgehead atoms. The summed E-state index contributed by atoms with van der Waals surface area (Å²) in [5.74, 6) is 0.621. The summed E-state index contributed by atoms with van der Waals surface area (Å²) in [4.78, 5) is 11.5. The standard InChI is InChI=1S/C13H20N2O2/c1-10-5-4-6-12(7-10)17-9-13(16)15-8-11(2)14-3/h4-7,11,14H,8-9H2,1-3H3,(H,15,16). The van der Waals surface area contributed by atoms with Gasteiger partial charge in [-0.1, -0.05) is 12.1 Å². The number of benzene rings is 1.